The van der Waals surface area contributed by atoms with E-state index in [0.717, 1.165) is 18.5 Å². The minimum Gasteiger partial charge on any atom is -0.384 e. The van der Waals surface area contributed by atoms with Crippen molar-refractivity contribution in [3.05, 3.63) is 58.4 Å². The Morgan fingerprint density at radius 2 is 2.24 bits per heavy atom. The van der Waals surface area contributed by atoms with Crippen molar-refractivity contribution in [2.24, 2.45) is 0 Å². The van der Waals surface area contributed by atoms with E-state index in [-0.39, 0.29) is 11.9 Å². The van der Waals surface area contributed by atoms with Gasteiger partial charge in [-0.2, -0.15) is 0 Å². The third-order valence-electron chi connectivity index (χ3n) is 3.68. The van der Waals surface area contributed by atoms with Gasteiger partial charge < -0.3 is 10.6 Å². The van der Waals surface area contributed by atoms with Crippen LogP contribution in [0.15, 0.2) is 36.5 Å². The Labute approximate surface area is 128 Å². The van der Waals surface area contributed by atoms with Crippen molar-refractivity contribution >= 4 is 23.2 Å². The number of pyridine rings is 1. The average molecular weight is 302 g/mol. The van der Waals surface area contributed by atoms with Gasteiger partial charge in [0.15, 0.2) is 0 Å². The second-order valence-electron chi connectivity index (χ2n) is 5.16. The van der Waals surface area contributed by atoms with E-state index in [1.165, 1.54) is 17.4 Å². The Morgan fingerprint density at radius 3 is 3.00 bits per heavy atom. The highest BCUT2D eigenvalue weighted by Crippen LogP contribution is 2.25. The molecular formula is C16H16ClN3O. The molecular weight excluding hydrogens is 286 g/mol. The van der Waals surface area contributed by atoms with Crippen LogP contribution >= 0.6 is 11.6 Å². The maximum atomic E-state index is 12.2. The molecule has 21 heavy (non-hydrogen) atoms. The lowest BCUT2D eigenvalue weighted by atomic mass is 10.0. The molecule has 1 aromatic heterocycles. The van der Waals surface area contributed by atoms with Gasteiger partial charge in [0.25, 0.3) is 5.91 Å². The van der Waals surface area contributed by atoms with Gasteiger partial charge in [-0.05, 0) is 42.7 Å². The first-order valence-electron chi connectivity index (χ1n) is 6.92. The second-order valence-corrected chi connectivity index (χ2v) is 5.55. The molecule has 0 radical (unpaired) electrons. The van der Waals surface area contributed by atoms with Crippen LogP contribution in [-0.2, 0) is 6.42 Å². The zero-order valence-electron chi connectivity index (χ0n) is 11.7. The Morgan fingerprint density at radius 1 is 1.38 bits per heavy atom. The molecule has 3 rings (SSSR count). The Bertz CT molecular complexity index is 670. The number of fused-ring (bicyclic) bond motifs is 1. The van der Waals surface area contributed by atoms with Gasteiger partial charge in [-0.15, -0.1) is 0 Å². The van der Waals surface area contributed by atoms with Crippen molar-refractivity contribution in [3.8, 4) is 0 Å². The van der Waals surface area contributed by atoms with Crippen LogP contribution in [0.5, 0.6) is 0 Å². The summed E-state index contributed by atoms with van der Waals surface area (Å²) in [5, 5.41) is 6.69. The quantitative estimate of drug-likeness (QED) is 0.856. The molecule has 1 aromatic carbocycles. The zero-order valence-corrected chi connectivity index (χ0v) is 12.4. The maximum absolute atomic E-state index is 12.2. The summed E-state index contributed by atoms with van der Waals surface area (Å²) in [6.45, 7) is 2.96. The molecule has 5 heteroatoms. The van der Waals surface area contributed by atoms with E-state index < -0.39 is 0 Å². The van der Waals surface area contributed by atoms with Crippen molar-refractivity contribution in [1.82, 2.24) is 10.3 Å². The standard InChI is InChI=1S/C16H16ClN3O/c1-10(11-2-4-14-12(8-11)6-7-18-14)20-16(21)13-3-5-15(17)19-9-13/h2-5,8-10,18H,6-7H2,1H3,(H,20,21)/t10-/m1/s1. The lowest BCUT2D eigenvalue weighted by molar-refractivity contribution is 0.0939. The molecule has 2 N–H and O–H groups in total. The van der Waals surface area contributed by atoms with Gasteiger partial charge in [0.2, 0.25) is 0 Å². The minimum atomic E-state index is -0.148. The minimum absolute atomic E-state index is 0.0564. The number of aromatic nitrogens is 1. The fourth-order valence-electron chi connectivity index (χ4n) is 2.47. The molecule has 0 bridgehead atoms. The third-order valence-corrected chi connectivity index (χ3v) is 3.90. The van der Waals surface area contributed by atoms with Crippen LogP contribution in [0.25, 0.3) is 0 Å². The Hall–Kier alpha value is -2.07. The number of hydrogen-bond acceptors (Lipinski definition) is 3. The number of nitrogens with zero attached hydrogens (tertiary/aromatic N) is 1. The Balaban J connectivity index is 1.72. The van der Waals surface area contributed by atoms with Crippen LogP contribution in [0.3, 0.4) is 0 Å². The van der Waals surface area contributed by atoms with E-state index in [4.69, 9.17) is 11.6 Å². The Kier molecular flexibility index (Phi) is 3.80. The van der Waals surface area contributed by atoms with Gasteiger partial charge in [-0.1, -0.05) is 23.7 Å². The summed E-state index contributed by atoms with van der Waals surface area (Å²) in [6, 6.07) is 9.50. The fraction of sp³-hybridized carbons (Fsp3) is 0.250. The SMILES string of the molecule is C[C@@H](NC(=O)c1ccc(Cl)nc1)c1ccc2c(c1)CCN2. The number of carbonyl (C=O) groups is 1. The van der Waals surface area contributed by atoms with Crippen molar-refractivity contribution in [2.45, 2.75) is 19.4 Å². The molecule has 0 unspecified atom stereocenters. The van der Waals surface area contributed by atoms with E-state index in [9.17, 15) is 4.79 Å². The predicted octanol–water partition coefficient (Wildman–Crippen LogP) is 3.19. The number of anilines is 1. The number of halogens is 1. The summed E-state index contributed by atoms with van der Waals surface area (Å²) in [7, 11) is 0. The van der Waals surface area contributed by atoms with Gasteiger partial charge in [0.1, 0.15) is 5.15 Å². The lowest BCUT2D eigenvalue weighted by Gasteiger charge is -2.15. The van der Waals surface area contributed by atoms with E-state index in [0.29, 0.717) is 10.7 Å². The highest BCUT2D eigenvalue weighted by atomic mass is 35.5. The summed E-state index contributed by atoms with van der Waals surface area (Å²) < 4.78 is 0. The zero-order chi connectivity index (χ0) is 14.8. The summed E-state index contributed by atoms with van der Waals surface area (Å²) in [4.78, 5) is 16.1. The molecule has 0 fully saturated rings. The van der Waals surface area contributed by atoms with Crippen LogP contribution in [0.4, 0.5) is 5.69 Å². The van der Waals surface area contributed by atoms with E-state index in [1.807, 2.05) is 13.0 Å². The van der Waals surface area contributed by atoms with E-state index >= 15 is 0 Å². The molecule has 0 spiro atoms. The molecule has 1 aliphatic heterocycles. The van der Waals surface area contributed by atoms with Gasteiger partial charge in [0, 0.05) is 18.4 Å². The number of amides is 1. The molecule has 1 aliphatic rings. The molecule has 108 valence electrons. The third kappa shape index (κ3) is 3.00. The monoisotopic (exact) mass is 301 g/mol. The first-order chi connectivity index (χ1) is 10.1. The molecule has 0 saturated carbocycles. The highest BCUT2D eigenvalue weighted by molar-refractivity contribution is 6.29. The van der Waals surface area contributed by atoms with Crippen molar-refractivity contribution in [2.75, 3.05) is 11.9 Å². The van der Waals surface area contributed by atoms with Crippen molar-refractivity contribution in [1.29, 1.82) is 0 Å². The smallest absolute Gasteiger partial charge is 0.253 e. The maximum Gasteiger partial charge on any atom is 0.253 e. The summed E-state index contributed by atoms with van der Waals surface area (Å²) in [5.41, 5.74) is 4.11. The number of benzene rings is 1. The van der Waals surface area contributed by atoms with Gasteiger partial charge in [0.05, 0.1) is 11.6 Å². The number of rotatable bonds is 3. The summed E-state index contributed by atoms with van der Waals surface area (Å²) in [5.74, 6) is -0.148. The number of nitrogens with one attached hydrogen (secondary N) is 2. The van der Waals surface area contributed by atoms with Gasteiger partial charge in [-0.3, -0.25) is 4.79 Å². The topological polar surface area (TPSA) is 54.0 Å². The van der Waals surface area contributed by atoms with Gasteiger partial charge >= 0.3 is 0 Å². The van der Waals surface area contributed by atoms with Crippen molar-refractivity contribution < 1.29 is 4.79 Å². The van der Waals surface area contributed by atoms with Crippen LogP contribution in [0, 0.1) is 0 Å². The average Bonchev–Trinajstić information content (AvgIpc) is 2.95. The number of hydrogen-bond donors (Lipinski definition) is 2. The van der Waals surface area contributed by atoms with Crippen LogP contribution in [0.2, 0.25) is 5.15 Å². The normalized spacial score (nSPS) is 14.2. The van der Waals surface area contributed by atoms with E-state index in [1.54, 1.807) is 12.1 Å². The lowest BCUT2D eigenvalue weighted by Crippen LogP contribution is -2.26. The highest BCUT2D eigenvalue weighted by Gasteiger charge is 2.15. The molecule has 1 atom stereocenters. The van der Waals surface area contributed by atoms with E-state index in [2.05, 4.69) is 27.8 Å². The largest absolute Gasteiger partial charge is 0.384 e. The first kappa shape index (κ1) is 13.9. The summed E-state index contributed by atoms with van der Waals surface area (Å²) >= 11 is 5.72. The van der Waals surface area contributed by atoms with Crippen LogP contribution in [-0.4, -0.2) is 17.4 Å². The summed E-state index contributed by atoms with van der Waals surface area (Å²) in [6.07, 6.45) is 2.52. The van der Waals surface area contributed by atoms with Crippen molar-refractivity contribution in [3.63, 3.8) is 0 Å². The molecule has 0 saturated heterocycles. The van der Waals surface area contributed by atoms with Gasteiger partial charge in [-0.25, -0.2) is 4.98 Å². The predicted molar refractivity (Wildman–Crippen MR) is 83.8 cm³/mol. The molecule has 1 amide bonds. The molecule has 4 nitrogen and oxygen atoms in total. The fourth-order valence-corrected chi connectivity index (χ4v) is 2.58. The van der Waals surface area contributed by atoms with Crippen LogP contribution < -0.4 is 10.6 Å². The molecule has 0 aliphatic carbocycles. The molecule has 2 heterocycles. The number of carbonyl (C=O) groups excluding carboxylic acids is 1. The second kappa shape index (κ2) is 5.74. The first-order valence-corrected chi connectivity index (χ1v) is 7.30. The van der Waals surface area contributed by atoms with Crippen LogP contribution in [0.1, 0.15) is 34.5 Å². The molecule has 2 aromatic rings.